The van der Waals surface area contributed by atoms with Crippen LogP contribution in [0.3, 0.4) is 0 Å². The van der Waals surface area contributed by atoms with Crippen molar-refractivity contribution in [3.05, 3.63) is 35.9 Å². The number of benzene rings is 1. The zero-order valence-corrected chi connectivity index (χ0v) is 11.4. The Bertz CT molecular complexity index is 424. The van der Waals surface area contributed by atoms with E-state index in [1.54, 1.807) is 30.3 Å². The molecule has 1 aromatic rings. The average Bonchev–Trinajstić information content (AvgIpc) is 2.39. The minimum Gasteiger partial charge on any atom is -0.480 e. The van der Waals surface area contributed by atoms with E-state index < -0.39 is 24.0 Å². The van der Waals surface area contributed by atoms with Gasteiger partial charge in [-0.3, -0.25) is 14.9 Å². The molecule has 0 saturated carbocycles. The van der Waals surface area contributed by atoms with Crippen molar-refractivity contribution in [2.45, 2.75) is 18.5 Å². The Labute approximate surface area is 116 Å². The summed E-state index contributed by atoms with van der Waals surface area (Å²) in [6.07, 6.45) is 2.26. The average molecular weight is 283 g/mol. The van der Waals surface area contributed by atoms with Gasteiger partial charge in [-0.2, -0.15) is 11.8 Å². The van der Waals surface area contributed by atoms with Crippen LogP contribution in [-0.4, -0.2) is 40.2 Å². The SMILES string of the molecule is CSCC[C@H](NC(C(=O)O)c1ccccc1)C(=O)O. The molecular weight excluding hydrogens is 266 g/mol. The highest BCUT2D eigenvalue weighted by Gasteiger charge is 2.26. The van der Waals surface area contributed by atoms with Crippen LogP contribution in [0.1, 0.15) is 18.0 Å². The number of hydrogen-bond donors (Lipinski definition) is 3. The second-order valence-corrected chi connectivity index (χ2v) is 5.01. The molecule has 6 heteroatoms. The molecule has 0 radical (unpaired) electrons. The van der Waals surface area contributed by atoms with Gasteiger partial charge in [-0.15, -0.1) is 0 Å². The molecule has 0 aliphatic rings. The Balaban J connectivity index is 2.82. The molecule has 0 aliphatic heterocycles. The van der Waals surface area contributed by atoms with Crippen LogP contribution in [-0.2, 0) is 9.59 Å². The van der Waals surface area contributed by atoms with Gasteiger partial charge in [0.1, 0.15) is 12.1 Å². The third-order valence-electron chi connectivity index (χ3n) is 2.66. The van der Waals surface area contributed by atoms with Crippen LogP contribution < -0.4 is 5.32 Å². The predicted molar refractivity (Wildman–Crippen MR) is 74.4 cm³/mol. The lowest BCUT2D eigenvalue weighted by Gasteiger charge is -2.20. The van der Waals surface area contributed by atoms with Gasteiger partial charge in [0.15, 0.2) is 0 Å². The molecule has 0 saturated heterocycles. The maximum atomic E-state index is 11.3. The van der Waals surface area contributed by atoms with Gasteiger partial charge in [0.05, 0.1) is 0 Å². The zero-order chi connectivity index (χ0) is 14.3. The largest absolute Gasteiger partial charge is 0.480 e. The minimum atomic E-state index is -1.08. The number of carbonyl (C=O) groups is 2. The topological polar surface area (TPSA) is 86.6 Å². The highest BCUT2D eigenvalue weighted by Crippen LogP contribution is 2.15. The van der Waals surface area contributed by atoms with Gasteiger partial charge in [-0.1, -0.05) is 30.3 Å². The molecule has 19 heavy (non-hydrogen) atoms. The maximum Gasteiger partial charge on any atom is 0.325 e. The monoisotopic (exact) mass is 283 g/mol. The fourth-order valence-corrected chi connectivity index (χ4v) is 2.14. The van der Waals surface area contributed by atoms with Gasteiger partial charge in [-0.25, -0.2) is 0 Å². The summed E-state index contributed by atoms with van der Waals surface area (Å²) in [5.41, 5.74) is 0.547. The highest BCUT2D eigenvalue weighted by molar-refractivity contribution is 7.98. The molecule has 0 spiro atoms. The lowest BCUT2D eigenvalue weighted by atomic mass is 10.1. The van der Waals surface area contributed by atoms with E-state index in [2.05, 4.69) is 5.32 Å². The zero-order valence-electron chi connectivity index (χ0n) is 10.6. The number of thioether (sulfide) groups is 1. The molecule has 2 atom stereocenters. The fourth-order valence-electron chi connectivity index (χ4n) is 1.67. The number of nitrogens with one attached hydrogen (secondary N) is 1. The molecular formula is C13H17NO4S. The first kappa shape index (κ1) is 15.5. The van der Waals surface area contributed by atoms with E-state index in [-0.39, 0.29) is 0 Å². The molecule has 1 unspecified atom stereocenters. The fraction of sp³-hybridized carbons (Fsp3) is 0.385. The van der Waals surface area contributed by atoms with E-state index in [4.69, 9.17) is 5.11 Å². The molecule has 0 aliphatic carbocycles. The van der Waals surface area contributed by atoms with Crippen molar-refractivity contribution in [1.29, 1.82) is 0 Å². The van der Waals surface area contributed by atoms with Gasteiger partial charge >= 0.3 is 11.9 Å². The summed E-state index contributed by atoms with van der Waals surface area (Å²) in [7, 11) is 0. The smallest absolute Gasteiger partial charge is 0.325 e. The first-order chi connectivity index (χ1) is 9.06. The lowest BCUT2D eigenvalue weighted by molar-refractivity contribution is -0.142. The quantitative estimate of drug-likeness (QED) is 0.672. The summed E-state index contributed by atoms with van der Waals surface area (Å²) < 4.78 is 0. The van der Waals surface area contributed by atoms with Crippen LogP contribution in [0.5, 0.6) is 0 Å². The van der Waals surface area contributed by atoms with Crippen molar-refractivity contribution in [3.63, 3.8) is 0 Å². The van der Waals surface area contributed by atoms with Crippen molar-refractivity contribution in [2.24, 2.45) is 0 Å². The molecule has 3 N–H and O–H groups in total. The summed E-state index contributed by atoms with van der Waals surface area (Å²) >= 11 is 1.53. The second-order valence-electron chi connectivity index (χ2n) is 4.02. The van der Waals surface area contributed by atoms with Crippen molar-refractivity contribution in [2.75, 3.05) is 12.0 Å². The number of hydrogen-bond acceptors (Lipinski definition) is 4. The number of rotatable bonds is 8. The molecule has 0 heterocycles. The molecule has 1 aromatic carbocycles. The molecule has 0 amide bonds. The molecule has 0 aromatic heterocycles. The maximum absolute atomic E-state index is 11.3. The van der Waals surface area contributed by atoms with Gasteiger partial charge < -0.3 is 10.2 Å². The van der Waals surface area contributed by atoms with E-state index in [9.17, 15) is 14.7 Å². The van der Waals surface area contributed by atoms with E-state index in [1.807, 2.05) is 6.26 Å². The third-order valence-corrected chi connectivity index (χ3v) is 3.30. The van der Waals surface area contributed by atoms with Crippen LogP contribution >= 0.6 is 11.8 Å². The van der Waals surface area contributed by atoms with Crippen molar-refractivity contribution in [3.8, 4) is 0 Å². The van der Waals surface area contributed by atoms with E-state index in [1.165, 1.54) is 11.8 Å². The summed E-state index contributed by atoms with van der Waals surface area (Å²) in [5, 5.41) is 21.0. The Morgan fingerprint density at radius 3 is 2.32 bits per heavy atom. The molecule has 1 rings (SSSR count). The van der Waals surface area contributed by atoms with Crippen LogP contribution in [0, 0.1) is 0 Å². The van der Waals surface area contributed by atoms with E-state index in [0.717, 1.165) is 0 Å². The van der Waals surface area contributed by atoms with Gasteiger partial charge in [-0.05, 0) is 24.0 Å². The number of aliphatic carboxylic acids is 2. The second kappa shape index (κ2) is 7.81. The standard InChI is InChI=1S/C13H17NO4S/c1-19-8-7-10(12(15)16)14-11(13(17)18)9-5-3-2-4-6-9/h2-6,10-11,14H,7-8H2,1H3,(H,15,16)(H,17,18)/t10-,11?/m0/s1. The molecule has 0 fully saturated rings. The normalized spacial score (nSPS) is 13.7. The van der Waals surface area contributed by atoms with Gasteiger partial charge in [0.2, 0.25) is 0 Å². The first-order valence-corrected chi connectivity index (χ1v) is 7.21. The Morgan fingerprint density at radius 2 is 1.84 bits per heavy atom. The summed E-state index contributed by atoms with van der Waals surface area (Å²) in [5.74, 6) is -1.46. The van der Waals surface area contributed by atoms with Gasteiger partial charge in [0, 0.05) is 0 Å². The van der Waals surface area contributed by atoms with Crippen molar-refractivity contribution >= 4 is 23.7 Å². The van der Waals surface area contributed by atoms with Crippen LogP contribution in [0.15, 0.2) is 30.3 Å². The first-order valence-electron chi connectivity index (χ1n) is 5.81. The Kier molecular flexibility index (Phi) is 6.38. The highest BCUT2D eigenvalue weighted by atomic mass is 32.2. The van der Waals surface area contributed by atoms with Crippen LogP contribution in [0.25, 0.3) is 0 Å². The van der Waals surface area contributed by atoms with Crippen molar-refractivity contribution < 1.29 is 19.8 Å². The minimum absolute atomic E-state index is 0.382. The summed E-state index contributed by atoms with van der Waals surface area (Å²) in [6.45, 7) is 0. The third kappa shape index (κ3) is 4.92. The Hall–Kier alpha value is -1.53. The molecule has 5 nitrogen and oxygen atoms in total. The summed E-state index contributed by atoms with van der Waals surface area (Å²) in [4.78, 5) is 22.4. The van der Waals surface area contributed by atoms with E-state index in [0.29, 0.717) is 17.7 Å². The van der Waals surface area contributed by atoms with Crippen LogP contribution in [0.2, 0.25) is 0 Å². The summed E-state index contributed by atoms with van der Waals surface area (Å²) in [6, 6.07) is 6.69. The molecule has 104 valence electrons. The van der Waals surface area contributed by atoms with Crippen LogP contribution in [0.4, 0.5) is 0 Å². The van der Waals surface area contributed by atoms with Crippen molar-refractivity contribution in [1.82, 2.24) is 5.32 Å². The Morgan fingerprint density at radius 1 is 1.21 bits per heavy atom. The van der Waals surface area contributed by atoms with E-state index >= 15 is 0 Å². The molecule has 0 bridgehead atoms. The van der Waals surface area contributed by atoms with Gasteiger partial charge in [0.25, 0.3) is 0 Å². The number of carboxylic acid groups (broad SMARTS) is 2. The lowest BCUT2D eigenvalue weighted by Crippen LogP contribution is -2.42. The predicted octanol–water partition coefficient (Wildman–Crippen LogP) is 1.61. The number of carboxylic acids is 2.